The van der Waals surface area contributed by atoms with E-state index in [0.29, 0.717) is 5.56 Å². The molecule has 1 aromatic heterocycles. The Bertz CT molecular complexity index is 857. The Morgan fingerprint density at radius 1 is 1.14 bits per heavy atom. The van der Waals surface area contributed by atoms with Crippen molar-refractivity contribution < 1.29 is 32.2 Å². The van der Waals surface area contributed by atoms with Crippen LogP contribution in [-0.2, 0) is 20.9 Å². The van der Waals surface area contributed by atoms with Gasteiger partial charge in [-0.15, -0.1) is 0 Å². The third kappa shape index (κ3) is 5.27. The normalized spacial score (nSPS) is 12.9. The zero-order valence-corrected chi connectivity index (χ0v) is 15.5. The second-order valence-corrected chi connectivity index (χ2v) is 6.20. The Morgan fingerprint density at radius 2 is 1.86 bits per heavy atom. The minimum atomic E-state index is -5.24. The standard InChI is InChI=1S/C19H16F3NO4S/c1-2-26-16(24)18(19(20,21)22,10-8-15-9-11-28-13-15)23-17(25)27-12-14-6-4-3-5-7-14/h3-7,9,11,13H,2,12H2,1H3,(H,23,25). The molecule has 5 nitrogen and oxygen atoms in total. The van der Waals surface area contributed by atoms with Gasteiger partial charge < -0.3 is 9.47 Å². The maximum Gasteiger partial charge on any atom is 0.434 e. The van der Waals surface area contributed by atoms with Crippen LogP contribution in [0, 0.1) is 11.8 Å². The number of nitrogens with one attached hydrogen (secondary N) is 1. The van der Waals surface area contributed by atoms with Crippen LogP contribution in [0.4, 0.5) is 18.0 Å². The van der Waals surface area contributed by atoms with Crippen LogP contribution in [0.25, 0.3) is 0 Å². The number of hydrogen-bond acceptors (Lipinski definition) is 5. The largest absolute Gasteiger partial charge is 0.463 e. The molecular formula is C19H16F3NO4S. The first-order valence-corrected chi connectivity index (χ1v) is 9.01. The molecule has 0 aliphatic carbocycles. The molecule has 0 aliphatic rings. The first-order chi connectivity index (χ1) is 13.3. The molecule has 1 aromatic carbocycles. The lowest BCUT2D eigenvalue weighted by atomic mass is 9.99. The van der Waals surface area contributed by atoms with E-state index in [4.69, 9.17) is 4.74 Å². The fourth-order valence-electron chi connectivity index (χ4n) is 2.04. The van der Waals surface area contributed by atoms with Gasteiger partial charge in [-0.1, -0.05) is 36.3 Å². The number of carbonyl (C=O) groups is 2. The highest BCUT2D eigenvalue weighted by Crippen LogP contribution is 2.32. The molecule has 2 aromatic rings. The van der Waals surface area contributed by atoms with Crippen LogP contribution in [0.5, 0.6) is 0 Å². The summed E-state index contributed by atoms with van der Waals surface area (Å²) in [5.41, 5.74) is -2.73. The maximum absolute atomic E-state index is 13.8. The minimum absolute atomic E-state index is 0.266. The summed E-state index contributed by atoms with van der Waals surface area (Å²) in [5.74, 6) is 2.36. The maximum atomic E-state index is 13.8. The Labute approximate surface area is 163 Å². The predicted molar refractivity (Wildman–Crippen MR) is 96.4 cm³/mol. The Morgan fingerprint density at radius 3 is 2.43 bits per heavy atom. The van der Waals surface area contributed by atoms with Gasteiger partial charge in [0, 0.05) is 10.9 Å². The van der Waals surface area contributed by atoms with Gasteiger partial charge in [-0.2, -0.15) is 24.5 Å². The molecule has 1 heterocycles. The molecule has 1 N–H and O–H groups in total. The molecule has 2 rings (SSSR count). The van der Waals surface area contributed by atoms with Crippen LogP contribution in [0.15, 0.2) is 47.2 Å². The molecule has 9 heteroatoms. The number of ether oxygens (including phenoxy) is 2. The summed E-state index contributed by atoms with van der Waals surface area (Å²) in [6, 6.07) is 9.85. The van der Waals surface area contributed by atoms with Crippen LogP contribution in [-0.4, -0.2) is 30.4 Å². The number of benzene rings is 1. The molecule has 148 valence electrons. The summed E-state index contributed by atoms with van der Waals surface area (Å²) in [6.07, 6.45) is -6.69. The van der Waals surface area contributed by atoms with Gasteiger partial charge >= 0.3 is 18.2 Å². The molecule has 1 unspecified atom stereocenters. The quantitative estimate of drug-likeness (QED) is 0.599. The number of alkyl carbamates (subject to hydrolysis) is 1. The Balaban J connectivity index is 2.30. The zero-order valence-electron chi connectivity index (χ0n) is 14.7. The van der Waals surface area contributed by atoms with Gasteiger partial charge in [0.05, 0.1) is 6.61 Å². The average Bonchev–Trinajstić information content (AvgIpc) is 3.17. The highest BCUT2D eigenvalue weighted by molar-refractivity contribution is 7.08. The van der Waals surface area contributed by atoms with Crippen LogP contribution in [0.3, 0.4) is 0 Å². The summed E-state index contributed by atoms with van der Waals surface area (Å²) in [4.78, 5) is 24.2. The number of alkyl halides is 3. The van der Waals surface area contributed by atoms with Crippen molar-refractivity contribution in [2.75, 3.05) is 6.61 Å². The van der Waals surface area contributed by atoms with Gasteiger partial charge in [0.25, 0.3) is 5.54 Å². The van der Waals surface area contributed by atoms with E-state index in [1.54, 1.807) is 41.0 Å². The fourth-order valence-corrected chi connectivity index (χ4v) is 2.63. The van der Waals surface area contributed by atoms with Gasteiger partial charge in [-0.25, -0.2) is 9.59 Å². The van der Waals surface area contributed by atoms with Crippen molar-refractivity contribution in [3.05, 3.63) is 58.3 Å². The van der Waals surface area contributed by atoms with E-state index in [1.807, 2.05) is 5.92 Å². The number of carbonyl (C=O) groups excluding carboxylic acids is 2. The van der Waals surface area contributed by atoms with Crippen LogP contribution < -0.4 is 5.32 Å². The number of rotatable bonds is 5. The summed E-state index contributed by atoms with van der Waals surface area (Å²) >= 11 is 1.22. The number of amides is 1. The molecule has 1 amide bonds. The highest BCUT2D eigenvalue weighted by atomic mass is 32.1. The summed E-state index contributed by atoms with van der Waals surface area (Å²) in [7, 11) is 0. The van der Waals surface area contributed by atoms with Crippen LogP contribution >= 0.6 is 11.3 Å². The Hall–Kier alpha value is -2.99. The minimum Gasteiger partial charge on any atom is -0.463 e. The predicted octanol–water partition coefficient (Wildman–Crippen LogP) is 3.89. The van der Waals surface area contributed by atoms with E-state index in [1.165, 1.54) is 29.7 Å². The Kier molecular flexibility index (Phi) is 7.06. The zero-order chi connectivity index (χ0) is 20.6. The molecule has 0 bridgehead atoms. The van der Waals surface area contributed by atoms with E-state index < -0.39 is 23.8 Å². The van der Waals surface area contributed by atoms with Gasteiger partial charge in [0.15, 0.2) is 0 Å². The second kappa shape index (κ2) is 9.28. The first kappa shape index (κ1) is 21.3. The molecule has 28 heavy (non-hydrogen) atoms. The number of hydrogen-bond donors (Lipinski definition) is 1. The lowest BCUT2D eigenvalue weighted by Gasteiger charge is -2.29. The van der Waals surface area contributed by atoms with Crippen LogP contribution in [0.2, 0.25) is 0 Å². The molecule has 0 radical (unpaired) electrons. The van der Waals surface area contributed by atoms with Crippen molar-refractivity contribution in [3.8, 4) is 11.8 Å². The van der Waals surface area contributed by atoms with Crippen molar-refractivity contribution in [2.24, 2.45) is 0 Å². The number of esters is 1. The average molecular weight is 411 g/mol. The molecule has 0 spiro atoms. The van der Waals surface area contributed by atoms with E-state index in [0.717, 1.165) is 0 Å². The molecule has 0 saturated heterocycles. The highest BCUT2D eigenvalue weighted by Gasteiger charge is 2.63. The molecule has 0 saturated carbocycles. The van der Waals surface area contributed by atoms with Crippen molar-refractivity contribution in [1.29, 1.82) is 0 Å². The lowest BCUT2D eigenvalue weighted by molar-refractivity contribution is -0.198. The van der Waals surface area contributed by atoms with Gasteiger partial charge in [0.1, 0.15) is 6.61 Å². The number of halogens is 3. The summed E-state index contributed by atoms with van der Waals surface area (Å²) < 4.78 is 50.8. The third-order valence-electron chi connectivity index (χ3n) is 3.42. The summed E-state index contributed by atoms with van der Waals surface area (Å²) in [5, 5.41) is 4.68. The van der Waals surface area contributed by atoms with Gasteiger partial charge in [-0.05, 0) is 29.9 Å². The third-order valence-corrected chi connectivity index (χ3v) is 4.11. The van der Waals surface area contributed by atoms with Crippen molar-refractivity contribution in [3.63, 3.8) is 0 Å². The van der Waals surface area contributed by atoms with Crippen molar-refractivity contribution in [1.82, 2.24) is 5.32 Å². The topological polar surface area (TPSA) is 64.6 Å². The molecule has 1 atom stereocenters. The smallest absolute Gasteiger partial charge is 0.434 e. The monoisotopic (exact) mass is 411 g/mol. The van der Waals surface area contributed by atoms with E-state index >= 15 is 0 Å². The van der Waals surface area contributed by atoms with Gasteiger partial charge in [-0.3, -0.25) is 5.32 Å². The van der Waals surface area contributed by atoms with E-state index in [9.17, 15) is 22.8 Å². The SMILES string of the molecule is CCOC(=O)C(C#Cc1ccsc1)(NC(=O)OCc1ccccc1)C(F)(F)F. The molecular weight excluding hydrogens is 395 g/mol. The first-order valence-electron chi connectivity index (χ1n) is 8.06. The second-order valence-electron chi connectivity index (χ2n) is 5.42. The number of thiophene rings is 1. The van der Waals surface area contributed by atoms with E-state index in [2.05, 4.69) is 10.7 Å². The van der Waals surface area contributed by atoms with Gasteiger partial charge in [0.2, 0.25) is 0 Å². The van der Waals surface area contributed by atoms with Crippen molar-refractivity contribution >= 4 is 23.4 Å². The van der Waals surface area contributed by atoms with E-state index in [-0.39, 0.29) is 18.8 Å². The van der Waals surface area contributed by atoms with Crippen molar-refractivity contribution in [2.45, 2.75) is 25.2 Å². The fraction of sp³-hybridized carbons (Fsp3) is 0.263. The molecule has 0 aliphatic heterocycles. The molecule has 0 fully saturated rings. The van der Waals surface area contributed by atoms with Crippen LogP contribution in [0.1, 0.15) is 18.1 Å². The summed E-state index contributed by atoms with van der Waals surface area (Å²) in [6.45, 7) is 0.748. The lowest BCUT2D eigenvalue weighted by Crippen LogP contribution is -2.63.